The lowest BCUT2D eigenvalue weighted by Crippen LogP contribution is -2.32. The summed E-state index contributed by atoms with van der Waals surface area (Å²) in [5.74, 6) is 7.24. The lowest BCUT2D eigenvalue weighted by atomic mass is 10.0. The maximum Gasteiger partial charge on any atom is 0.292 e. The van der Waals surface area contributed by atoms with Gasteiger partial charge in [-0.25, -0.2) is 0 Å². The van der Waals surface area contributed by atoms with E-state index in [2.05, 4.69) is 25.5 Å². The van der Waals surface area contributed by atoms with Crippen LogP contribution in [0.3, 0.4) is 0 Å². The monoisotopic (exact) mass is 265 g/mol. The first-order valence-electron chi connectivity index (χ1n) is 6.11. The van der Waals surface area contributed by atoms with Crippen LogP contribution >= 0.6 is 11.7 Å². The molecule has 2 fully saturated rings. The largest absolute Gasteiger partial charge is 0.468 e. The second-order valence-corrected chi connectivity index (χ2v) is 5.08. The number of fused-ring (bicyclic) bond motifs is 2. The van der Waals surface area contributed by atoms with Gasteiger partial charge in [0.05, 0.1) is 11.7 Å². The highest BCUT2D eigenvalue weighted by molar-refractivity contribution is 6.99. The van der Waals surface area contributed by atoms with E-state index in [-0.39, 0.29) is 6.10 Å². The molecule has 0 saturated carbocycles. The fourth-order valence-electron chi connectivity index (χ4n) is 2.52. The molecule has 2 aliphatic heterocycles. The third-order valence-electron chi connectivity index (χ3n) is 3.42. The second kappa shape index (κ2) is 5.12. The lowest BCUT2D eigenvalue weighted by molar-refractivity contribution is 0.131. The molecule has 0 N–H and O–H groups in total. The first-order valence-corrected chi connectivity index (χ1v) is 6.84. The molecular formula is C12H15N3O2S. The van der Waals surface area contributed by atoms with Gasteiger partial charge >= 0.3 is 0 Å². The molecule has 3 heterocycles. The van der Waals surface area contributed by atoms with Crippen LogP contribution in [0.1, 0.15) is 13.3 Å². The Morgan fingerprint density at radius 3 is 3.00 bits per heavy atom. The molecular weight excluding hydrogens is 250 g/mol. The average Bonchev–Trinajstić information content (AvgIpc) is 3.07. The predicted molar refractivity (Wildman–Crippen MR) is 67.8 cm³/mol. The summed E-state index contributed by atoms with van der Waals surface area (Å²) >= 11 is 1.12. The summed E-state index contributed by atoms with van der Waals surface area (Å²) in [4.78, 5) is 2.43. The van der Waals surface area contributed by atoms with Gasteiger partial charge < -0.3 is 9.47 Å². The van der Waals surface area contributed by atoms with Gasteiger partial charge in [-0.3, -0.25) is 4.90 Å². The van der Waals surface area contributed by atoms with Gasteiger partial charge in [0, 0.05) is 19.0 Å². The maximum atomic E-state index is 5.93. The molecule has 6 heteroatoms. The van der Waals surface area contributed by atoms with Crippen molar-refractivity contribution in [3.05, 3.63) is 0 Å². The molecule has 0 spiro atoms. The molecule has 0 radical (unpaired) electrons. The minimum atomic E-state index is 0.238. The van der Waals surface area contributed by atoms with Crippen molar-refractivity contribution in [3.63, 3.8) is 0 Å². The summed E-state index contributed by atoms with van der Waals surface area (Å²) in [6.07, 6.45) is 1.46. The molecule has 3 unspecified atom stereocenters. The highest BCUT2D eigenvalue weighted by atomic mass is 32.1. The maximum absolute atomic E-state index is 5.93. The highest BCUT2D eigenvalue weighted by Crippen LogP contribution is 2.33. The van der Waals surface area contributed by atoms with Crippen molar-refractivity contribution in [3.8, 4) is 23.6 Å². The Balaban J connectivity index is 1.62. The molecule has 1 aromatic rings. The summed E-state index contributed by atoms with van der Waals surface area (Å²) in [5, 5.41) is 0. The van der Waals surface area contributed by atoms with Gasteiger partial charge in [0.2, 0.25) is 0 Å². The van der Waals surface area contributed by atoms with E-state index in [1.54, 1.807) is 6.92 Å². The van der Waals surface area contributed by atoms with Gasteiger partial charge in [-0.2, -0.15) is 0 Å². The van der Waals surface area contributed by atoms with Crippen molar-refractivity contribution >= 4 is 11.7 Å². The van der Waals surface area contributed by atoms with Crippen molar-refractivity contribution < 1.29 is 9.47 Å². The molecule has 3 atom stereocenters. The molecule has 2 saturated heterocycles. The first kappa shape index (κ1) is 11.8. The van der Waals surface area contributed by atoms with Gasteiger partial charge in [0.25, 0.3) is 11.8 Å². The normalized spacial score (nSPS) is 28.8. The number of aromatic nitrogens is 2. The summed E-state index contributed by atoms with van der Waals surface area (Å²) in [5.41, 5.74) is 0. The predicted octanol–water partition coefficient (Wildman–Crippen LogP) is 1.02. The molecule has 0 aromatic carbocycles. The van der Waals surface area contributed by atoms with Gasteiger partial charge in [-0.1, -0.05) is 5.92 Å². The zero-order valence-electron chi connectivity index (χ0n) is 10.3. The van der Waals surface area contributed by atoms with Crippen LogP contribution in [0.25, 0.3) is 0 Å². The third kappa shape index (κ3) is 2.28. The number of hydrogen-bond donors (Lipinski definition) is 0. The Hall–Kier alpha value is -1.32. The fourth-order valence-corrected chi connectivity index (χ4v) is 2.96. The molecule has 0 aliphatic carbocycles. The van der Waals surface area contributed by atoms with Crippen molar-refractivity contribution in [1.29, 1.82) is 0 Å². The minimum Gasteiger partial charge on any atom is -0.468 e. The van der Waals surface area contributed by atoms with Crippen LogP contribution in [0, 0.1) is 17.8 Å². The zero-order valence-corrected chi connectivity index (χ0v) is 11.1. The van der Waals surface area contributed by atoms with E-state index in [4.69, 9.17) is 9.47 Å². The quantitative estimate of drug-likeness (QED) is 0.761. The standard InChI is InChI=1S/C12H15N3O2S/c1-2-3-6-16-11-12(14-18-13-11)17-10-8-15-5-4-9(10)7-15/h9-10H,4-8H2,1H3. The van der Waals surface area contributed by atoms with Crippen LogP contribution in [-0.4, -0.2) is 46.0 Å². The summed E-state index contributed by atoms with van der Waals surface area (Å²) in [7, 11) is 0. The van der Waals surface area contributed by atoms with Crippen LogP contribution in [0.2, 0.25) is 0 Å². The fraction of sp³-hybridized carbons (Fsp3) is 0.667. The van der Waals surface area contributed by atoms with Crippen molar-refractivity contribution in [2.75, 3.05) is 26.2 Å². The van der Waals surface area contributed by atoms with E-state index in [1.165, 1.54) is 13.0 Å². The number of ether oxygens (including phenoxy) is 2. The highest BCUT2D eigenvalue weighted by Gasteiger charge is 2.40. The van der Waals surface area contributed by atoms with Crippen LogP contribution < -0.4 is 9.47 Å². The van der Waals surface area contributed by atoms with E-state index >= 15 is 0 Å². The van der Waals surface area contributed by atoms with E-state index in [0.29, 0.717) is 24.3 Å². The average molecular weight is 265 g/mol. The van der Waals surface area contributed by atoms with E-state index < -0.39 is 0 Å². The van der Waals surface area contributed by atoms with Crippen LogP contribution in [0.5, 0.6) is 11.8 Å². The molecule has 1 aromatic heterocycles. The minimum absolute atomic E-state index is 0.238. The van der Waals surface area contributed by atoms with Crippen molar-refractivity contribution in [2.24, 2.45) is 5.92 Å². The molecule has 2 aliphatic rings. The Bertz CT molecular complexity index is 479. The van der Waals surface area contributed by atoms with Gasteiger partial charge in [-0.15, -0.1) is 14.7 Å². The zero-order chi connectivity index (χ0) is 12.4. The first-order chi connectivity index (χ1) is 8.86. The van der Waals surface area contributed by atoms with Crippen LogP contribution in [0.15, 0.2) is 0 Å². The molecule has 3 rings (SSSR count). The summed E-state index contributed by atoms with van der Waals surface area (Å²) in [6.45, 7) is 5.47. The second-order valence-electron chi connectivity index (χ2n) is 4.55. The topological polar surface area (TPSA) is 47.5 Å². The summed E-state index contributed by atoms with van der Waals surface area (Å²) in [6, 6.07) is 0. The molecule has 18 heavy (non-hydrogen) atoms. The number of hydrogen-bond acceptors (Lipinski definition) is 6. The molecule has 2 bridgehead atoms. The van der Waals surface area contributed by atoms with Gasteiger partial charge in [0.1, 0.15) is 6.10 Å². The number of piperidine rings is 1. The third-order valence-corrected chi connectivity index (χ3v) is 3.92. The van der Waals surface area contributed by atoms with E-state index in [0.717, 1.165) is 24.8 Å². The Morgan fingerprint density at radius 2 is 2.28 bits per heavy atom. The SMILES string of the molecule is CC#CCOc1nsnc1OC1CN2CCC1C2. The van der Waals surface area contributed by atoms with Crippen molar-refractivity contribution in [2.45, 2.75) is 19.4 Å². The Labute approximate surface area is 110 Å². The molecule has 96 valence electrons. The number of rotatable bonds is 4. The lowest BCUT2D eigenvalue weighted by Gasteiger charge is -2.22. The van der Waals surface area contributed by atoms with E-state index in [9.17, 15) is 0 Å². The number of nitrogens with zero attached hydrogens (tertiary/aromatic N) is 3. The van der Waals surface area contributed by atoms with Crippen LogP contribution in [-0.2, 0) is 0 Å². The smallest absolute Gasteiger partial charge is 0.292 e. The molecule has 5 nitrogen and oxygen atoms in total. The Kier molecular flexibility index (Phi) is 3.35. The summed E-state index contributed by atoms with van der Waals surface area (Å²) < 4.78 is 19.6. The van der Waals surface area contributed by atoms with E-state index in [1.807, 2.05) is 0 Å². The molecule has 0 amide bonds. The van der Waals surface area contributed by atoms with Crippen molar-refractivity contribution in [1.82, 2.24) is 13.6 Å². The van der Waals surface area contributed by atoms with Gasteiger partial charge in [-0.05, 0) is 19.9 Å². The van der Waals surface area contributed by atoms with Crippen LogP contribution in [0.4, 0.5) is 0 Å². The van der Waals surface area contributed by atoms with Gasteiger partial charge in [0.15, 0.2) is 6.61 Å². The Morgan fingerprint density at radius 1 is 1.39 bits per heavy atom.